The number of urea groups is 1. The summed E-state index contributed by atoms with van der Waals surface area (Å²) in [6, 6.07) is 5.19. The Morgan fingerprint density at radius 3 is 2.48 bits per heavy atom. The molecule has 0 aliphatic heterocycles. The Morgan fingerprint density at radius 1 is 1.04 bits per heavy atom. The fourth-order valence-corrected chi connectivity index (χ4v) is 1.94. The molecule has 1 aromatic rings. The number of benzene rings is 1. The molecule has 0 fully saturated rings. The zero-order valence-corrected chi connectivity index (χ0v) is 13.9. The minimum absolute atomic E-state index is 0.0508. The summed E-state index contributed by atoms with van der Waals surface area (Å²) in [6.45, 7) is 2.94. The topological polar surface area (TPSA) is 88.7 Å². The molecule has 0 saturated heterocycles. The molecule has 0 spiro atoms. The van der Waals surface area contributed by atoms with Gasteiger partial charge in [0.25, 0.3) is 0 Å². The number of ether oxygens (including phenoxy) is 2. The first-order valence-electron chi connectivity index (χ1n) is 7.60. The van der Waals surface area contributed by atoms with E-state index in [1.54, 1.807) is 14.2 Å². The number of nitrogens with one attached hydrogen (secondary N) is 3. The van der Waals surface area contributed by atoms with Crippen LogP contribution >= 0.6 is 0 Å². The van der Waals surface area contributed by atoms with E-state index in [1.165, 1.54) is 0 Å². The molecule has 128 valence electrons. The number of carbonyl (C=O) groups is 2. The number of hydrogen-bond acceptors (Lipinski definition) is 4. The SMILES string of the molecule is CCCNC(=O)NCC(=O)NCCc1cc(OC)ccc1OC. The molecular weight excluding hydrogens is 298 g/mol. The van der Waals surface area contributed by atoms with Gasteiger partial charge in [0.15, 0.2) is 0 Å². The molecule has 7 heteroatoms. The molecule has 1 rings (SSSR count). The Morgan fingerprint density at radius 2 is 1.83 bits per heavy atom. The molecule has 0 atom stereocenters. The van der Waals surface area contributed by atoms with Crippen LogP contribution in [0.15, 0.2) is 18.2 Å². The van der Waals surface area contributed by atoms with Crippen molar-refractivity contribution in [3.63, 3.8) is 0 Å². The zero-order valence-electron chi connectivity index (χ0n) is 13.9. The van der Waals surface area contributed by atoms with Crippen LogP contribution in [0.3, 0.4) is 0 Å². The van der Waals surface area contributed by atoms with Crippen molar-refractivity contribution < 1.29 is 19.1 Å². The van der Waals surface area contributed by atoms with E-state index in [4.69, 9.17) is 9.47 Å². The highest BCUT2D eigenvalue weighted by atomic mass is 16.5. The molecule has 0 aliphatic rings. The summed E-state index contributed by atoms with van der Waals surface area (Å²) >= 11 is 0. The monoisotopic (exact) mass is 323 g/mol. The molecule has 0 saturated carbocycles. The predicted octanol–water partition coefficient (Wildman–Crippen LogP) is 1.07. The van der Waals surface area contributed by atoms with Gasteiger partial charge in [0.2, 0.25) is 5.91 Å². The average molecular weight is 323 g/mol. The van der Waals surface area contributed by atoms with Crippen LogP contribution in [-0.2, 0) is 11.2 Å². The Bertz CT molecular complexity index is 520. The van der Waals surface area contributed by atoms with E-state index >= 15 is 0 Å². The summed E-state index contributed by atoms with van der Waals surface area (Å²) in [5.41, 5.74) is 0.945. The third kappa shape index (κ3) is 6.90. The minimum atomic E-state index is -0.337. The van der Waals surface area contributed by atoms with Crippen molar-refractivity contribution in [1.29, 1.82) is 0 Å². The van der Waals surface area contributed by atoms with Gasteiger partial charge in [-0.05, 0) is 36.6 Å². The maximum Gasteiger partial charge on any atom is 0.315 e. The second kappa shape index (κ2) is 10.3. The highest BCUT2D eigenvalue weighted by Gasteiger charge is 2.07. The van der Waals surface area contributed by atoms with E-state index in [0.717, 1.165) is 23.5 Å². The van der Waals surface area contributed by atoms with E-state index in [2.05, 4.69) is 16.0 Å². The summed E-state index contributed by atoms with van der Waals surface area (Å²) in [7, 11) is 3.20. The molecule has 0 aliphatic carbocycles. The molecule has 0 aromatic heterocycles. The summed E-state index contributed by atoms with van der Waals surface area (Å²) in [5.74, 6) is 1.25. The van der Waals surface area contributed by atoms with Crippen LogP contribution < -0.4 is 25.4 Å². The Hall–Kier alpha value is -2.44. The lowest BCUT2D eigenvalue weighted by molar-refractivity contribution is -0.120. The highest BCUT2D eigenvalue weighted by molar-refractivity contribution is 5.83. The lowest BCUT2D eigenvalue weighted by Crippen LogP contribution is -2.42. The number of methoxy groups -OCH3 is 2. The first-order chi connectivity index (χ1) is 11.1. The molecule has 7 nitrogen and oxygen atoms in total. The van der Waals surface area contributed by atoms with Crippen LogP contribution in [0.5, 0.6) is 11.5 Å². The Balaban J connectivity index is 2.36. The molecular formula is C16H25N3O4. The van der Waals surface area contributed by atoms with Gasteiger partial charge >= 0.3 is 6.03 Å². The van der Waals surface area contributed by atoms with Crippen LogP contribution in [-0.4, -0.2) is 45.8 Å². The van der Waals surface area contributed by atoms with E-state index in [-0.39, 0.29) is 18.5 Å². The summed E-state index contributed by atoms with van der Waals surface area (Å²) in [6.07, 6.45) is 1.45. The second-order valence-electron chi connectivity index (χ2n) is 4.89. The van der Waals surface area contributed by atoms with Crippen molar-refractivity contribution in [3.05, 3.63) is 23.8 Å². The van der Waals surface area contributed by atoms with Crippen LogP contribution in [0.2, 0.25) is 0 Å². The van der Waals surface area contributed by atoms with Crippen molar-refractivity contribution in [1.82, 2.24) is 16.0 Å². The van der Waals surface area contributed by atoms with Crippen LogP contribution in [0, 0.1) is 0 Å². The number of amides is 3. The fourth-order valence-electron chi connectivity index (χ4n) is 1.94. The summed E-state index contributed by atoms with van der Waals surface area (Å²) < 4.78 is 10.5. The Kier molecular flexibility index (Phi) is 8.34. The number of rotatable bonds is 9. The average Bonchev–Trinajstić information content (AvgIpc) is 2.57. The van der Waals surface area contributed by atoms with Crippen molar-refractivity contribution in [3.8, 4) is 11.5 Å². The molecule has 0 radical (unpaired) electrons. The molecule has 3 N–H and O–H groups in total. The molecule has 0 bridgehead atoms. The first kappa shape index (κ1) is 18.6. The first-order valence-corrected chi connectivity index (χ1v) is 7.60. The maximum absolute atomic E-state index is 11.7. The number of hydrogen-bond donors (Lipinski definition) is 3. The Labute approximate surface area is 136 Å². The zero-order chi connectivity index (χ0) is 17.1. The lowest BCUT2D eigenvalue weighted by Gasteiger charge is -2.11. The third-order valence-electron chi connectivity index (χ3n) is 3.15. The molecule has 3 amide bonds. The smallest absolute Gasteiger partial charge is 0.315 e. The van der Waals surface area contributed by atoms with E-state index in [0.29, 0.717) is 19.5 Å². The maximum atomic E-state index is 11.7. The minimum Gasteiger partial charge on any atom is -0.497 e. The molecule has 0 unspecified atom stereocenters. The van der Waals surface area contributed by atoms with Crippen molar-refractivity contribution >= 4 is 11.9 Å². The fraction of sp³-hybridized carbons (Fsp3) is 0.500. The van der Waals surface area contributed by atoms with Crippen molar-refractivity contribution in [2.24, 2.45) is 0 Å². The predicted molar refractivity (Wildman–Crippen MR) is 88.0 cm³/mol. The van der Waals surface area contributed by atoms with Gasteiger partial charge in [-0.15, -0.1) is 0 Å². The van der Waals surface area contributed by atoms with Gasteiger partial charge in [-0.3, -0.25) is 4.79 Å². The quantitative estimate of drug-likeness (QED) is 0.634. The summed E-state index contributed by atoms with van der Waals surface area (Å²) in [5, 5.41) is 7.89. The third-order valence-corrected chi connectivity index (χ3v) is 3.15. The van der Waals surface area contributed by atoms with Crippen molar-refractivity contribution in [2.75, 3.05) is 33.9 Å². The van der Waals surface area contributed by atoms with Crippen molar-refractivity contribution in [2.45, 2.75) is 19.8 Å². The van der Waals surface area contributed by atoms with Crippen LogP contribution in [0.4, 0.5) is 4.79 Å². The molecule has 1 aromatic carbocycles. The lowest BCUT2D eigenvalue weighted by atomic mass is 10.1. The molecule has 23 heavy (non-hydrogen) atoms. The van der Waals surface area contributed by atoms with Gasteiger partial charge in [0, 0.05) is 13.1 Å². The number of carbonyl (C=O) groups excluding carboxylic acids is 2. The highest BCUT2D eigenvalue weighted by Crippen LogP contribution is 2.23. The van der Waals surface area contributed by atoms with Gasteiger partial charge in [-0.1, -0.05) is 6.92 Å². The standard InChI is InChI=1S/C16H25N3O4/c1-4-8-18-16(21)19-11-15(20)17-9-7-12-10-13(22-2)5-6-14(12)23-3/h5-6,10H,4,7-9,11H2,1-3H3,(H,17,20)(H2,18,19,21). The second-order valence-corrected chi connectivity index (χ2v) is 4.89. The van der Waals surface area contributed by atoms with Gasteiger partial charge in [0.05, 0.1) is 20.8 Å². The van der Waals surface area contributed by atoms with Gasteiger partial charge < -0.3 is 25.4 Å². The van der Waals surface area contributed by atoms with E-state index in [1.807, 2.05) is 25.1 Å². The van der Waals surface area contributed by atoms with Gasteiger partial charge in [-0.25, -0.2) is 4.79 Å². The van der Waals surface area contributed by atoms with Crippen LogP contribution in [0.25, 0.3) is 0 Å². The summed E-state index contributed by atoms with van der Waals surface area (Å²) in [4.78, 5) is 23.0. The largest absolute Gasteiger partial charge is 0.497 e. The normalized spacial score (nSPS) is 9.87. The van der Waals surface area contributed by atoms with Gasteiger partial charge in [0.1, 0.15) is 11.5 Å². The van der Waals surface area contributed by atoms with Gasteiger partial charge in [-0.2, -0.15) is 0 Å². The van der Waals surface area contributed by atoms with E-state index in [9.17, 15) is 9.59 Å². The van der Waals surface area contributed by atoms with E-state index < -0.39 is 0 Å². The van der Waals surface area contributed by atoms with Crippen LogP contribution in [0.1, 0.15) is 18.9 Å². The molecule has 0 heterocycles.